The first kappa shape index (κ1) is 10.3. The van der Waals surface area contributed by atoms with Gasteiger partial charge in [-0.05, 0) is 39.8 Å². The molecule has 0 aromatic heterocycles. The molecule has 13 heavy (non-hydrogen) atoms. The summed E-state index contributed by atoms with van der Waals surface area (Å²) in [6.45, 7) is 0. The van der Waals surface area contributed by atoms with Crippen LogP contribution in [0.4, 0.5) is 4.79 Å². The molecule has 0 spiro atoms. The van der Waals surface area contributed by atoms with Crippen LogP contribution in [0.5, 0.6) is 0 Å². The Morgan fingerprint density at radius 1 is 1.31 bits per heavy atom. The van der Waals surface area contributed by atoms with Crippen LogP contribution in [-0.2, 0) is 0 Å². The van der Waals surface area contributed by atoms with Crippen LogP contribution in [0.25, 0.3) is 0 Å². The molecular weight excluding hydrogens is 166 g/mol. The maximum Gasteiger partial charge on any atom is 0.312 e. The van der Waals surface area contributed by atoms with Gasteiger partial charge in [-0.2, -0.15) is 0 Å². The zero-order valence-corrected chi connectivity index (χ0v) is 8.42. The molecule has 0 bridgehead atoms. The molecule has 1 rings (SSSR count). The number of rotatable bonds is 2. The first-order valence-electron chi connectivity index (χ1n) is 4.82. The highest BCUT2D eigenvalue weighted by Crippen LogP contribution is 2.21. The summed E-state index contributed by atoms with van der Waals surface area (Å²) in [6, 6.07) is 0.577. The van der Waals surface area contributed by atoms with Gasteiger partial charge in [0.1, 0.15) is 0 Å². The normalized spacial score (nSPS) is 28.8. The number of nitrogens with two attached hydrogens (primary N) is 1. The lowest BCUT2D eigenvalue weighted by atomic mass is 9.91. The van der Waals surface area contributed by atoms with Crippen molar-refractivity contribution < 1.29 is 4.79 Å². The van der Waals surface area contributed by atoms with Crippen molar-refractivity contribution in [2.75, 3.05) is 14.1 Å². The highest BCUT2D eigenvalue weighted by Gasteiger charge is 2.22. The highest BCUT2D eigenvalue weighted by atomic mass is 16.2. The van der Waals surface area contributed by atoms with Gasteiger partial charge in [-0.15, -0.1) is 0 Å². The van der Waals surface area contributed by atoms with Crippen molar-refractivity contribution in [2.24, 2.45) is 5.73 Å². The van der Waals surface area contributed by atoms with E-state index in [9.17, 15) is 4.79 Å². The van der Waals surface area contributed by atoms with Crippen LogP contribution in [0, 0.1) is 0 Å². The molecule has 0 unspecified atom stereocenters. The maximum absolute atomic E-state index is 10.6. The van der Waals surface area contributed by atoms with Crippen molar-refractivity contribution in [3.8, 4) is 0 Å². The minimum Gasteiger partial charge on any atom is -0.352 e. The van der Waals surface area contributed by atoms with Crippen LogP contribution in [-0.4, -0.2) is 37.1 Å². The van der Waals surface area contributed by atoms with Gasteiger partial charge in [0.15, 0.2) is 0 Å². The number of carbonyl (C=O) groups excluding carboxylic acids is 1. The van der Waals surface area contributed by atoms with Crippen molar-refractivity contribution in [2.45, 2.75) is 37.8 Å². The molecule has 4 nitrogen and oxygen atoms in total. The van der Waals surface area contributed by atoms with Gasteiger partial charge in [0.05, 0.1) is 0 Å². The Morgan fingerprint density at radius 2 is 1.85 bits per heavy atom. The zero-order chi connectivity index (χ0) is 9.84. The van der Waals surface area contributed by atoms with Gasteiger partial charge in [0, 0.05) is 12.1 Å². The number of amides is 2. The zero-order valence-electron chi connectivity index (χ0n) is 8.42. The van der Waals surface area contributed by atoms with Crippen molar-refractivity contribution in [3.63, 3.8) is 0 Å². The summed E-state index contributed by atoms with van der Waals surface area (Å²) in [5, 5.41) is 2.76. The SMILES string of the molecule is CN(C)C1CCC(NC(N)=O)CC1. The van der Waals surface area contributed by atoms with Gasteiger partial charge in [0.25, 0.3) is 0 Å². The van der Waals surface area contributed by atoms with Crippen LogP contribution < -0.4 is 11.1 Å². The quantitative estimate of drug-likeness (QED) is 0.659. The lowest BCUT2D eigenvalue weighted by Gasteiger charge is -2.32. The van der Waals surface area contributed by atoms with E-state index in [1.807, 2.05) is 0 Å². The minimum atomic E-state index is -0.395. The summed E-state index contributed by atoms with van der Waals surface area (Å²) in [6.07, 6.45) is 4.40. The summed E-state index contributed by atoms with van der Waals surface area (Å²) in [5.41, 5.74) is 5.06. The molecule has 2 amide bonds. The molecule has 0 aliphatic heterocycles. The molecule has 0 aromatic carbocycles. The number of nitrogens with one attached hydrogen (secondary N) is 1. The van der Waals surface area contributed by atoms with E-state index in [2.05, 4.69) is 24.3 Å². The van der Waals surface area contributed by atoms with E-state index in [0.717, 1.165) is 25.7 Å². The van der Waals surface area contributed by atoms with Crippen molar-refractivity contribution in [3.05, 3.63) is 0 Å². The number of carbonyl (C=O) groups is 1. The predicted octanol–water partition coefficient (Wildman–Crippen LogP) is 0.527. The fourth-order valence-electron chi connectivity index (χ4n) is 1.94. The van der Waals surface area contributed by atoms with Crippen molar-refractivity contribution in [1.29, 1.82) is 0 Å². The van der Waals surface area contributed by atoms with Crippen LogP contribution >= 0.6 is 0 Å². The first-order valence-corrected chi connectivity index (χ1v) is 4.82. The molecule has 3 N–H and O–H groups in total. The average molecular weight is 185 g/mol. The van der Waals surface area contributed by atoms with Crippen LogP contribution in [0.15, 0.2) is 0 Å². The molecule has 1 aliphatic carbocycles. The molecule has 0 heterocycles. The fraction of sp³-hybridized carbons (Fsp3) is 0.889. The summed E-state index contributed by atoms with van der Waals surface area (Å²) in [7, 11) is 4.21. The average Bonchev–Trinajstić information content (AvgIpc) is 2.04. The van der Waals surface area contributed by atoms with Crippen molar-refractivity contribution in [1.82, 2.24) is 10.2 Å². The Bertz CT molecular complexity index is 174. The molecule has 1 saturated carbocycles. The highest BCUT2D eigenvalue weighted by molar-refractivity contribution is 5.71. The van der Waals surface area contributed by atoms with Crippen molar-refractivity contribution >= 4 is 6.03 Å². The van der Waals surface area contributed by atoms with E-state index in [1.54, 1.807) is 0 Å². The molecule has 1 aliphatic rings. The van der Waals surface area contributed by atoms with E-state index in [4.69, 9.17) is 5.73 Å². The van der Waals surface area contributed by atoms with Crippen LogP contribution in [0.1, 0.15) is 25.7 Å². The third-order valence-corrected chi connectivity index (χ3v) is 2.77. The molecule has 0 atom stereocenters. The molecule has 76 valence electrons. The molecule has 0 radical (unpaired) electrons. The van der Waals surface area contributed by atoms with Gasteiger partial charge in [-0.1, -0.05) is 0 Å². The summed E-state index contributed by atoms with van der Waals surface area (Å²) in [5.74, 6) is 0. The minimum absolute atomic E-state index is 0.300. The third kappa shape index (κ3) is 3.22. The molecule has 0 saturated heterocycles. The van der Waals surface area contributed by atoms with Gasteiger partial charge < -0.3 is 16.0 Å². The smallest absolute Gasteiger partial charge is 0.312 e. The second-order valence-electron chi connectivity index (χ2n) is 3.98. The maximum atomic E-state index is 10.6. The fourth-order valence-corrected chi connectivity index (χ4v) is 1.94. The Labute approximate surface area is 79.5 Å². The summed E-state index contributed by atoms with van der Waals surface area (Å²) >= 11 is 0. The molecule has 0 aromatic rings. The Hall–Kier alpha value is -0.770. The second-order valence-corrected chi connectivity index (χ2v) is 3.98. The van der Waals surface area contributed by atoms with E-state index >= 15 is 0 Å². The van der Waals surface area contributed by atoms with E-state index in [-0.39, 0.29) is 0 Å². The number of nitrogens with zero attached hydrogens (tertiary/aromatic N) is 1. The number of urea groups is 1. The number of hydrogen-bond acceptors (Lipinski definition) is 2. The molecule has 4 heteroatoms. The number of primary amides is 1. The lowest BCUT2D eigenvalue weighted by Crippen LogP contribution is -2.43. The van der Waals surface area contributed by atoms with Crippen LogP contribution in [0.3, 0.4) is 0 Å². The van der Waals surface area contributed by atoms with Gasteiger partial charge in [-0.3, -0.25) is 0 Å². The second kappa shape index (κ2) is 4.46. The van der Waals surface area contributed by atoms with E-state index < -0.39 is 6.03 Å². The Kier molecular flexibility index (Phi) is 3.54. The largest absolute Gasteiger partial charge is 0.352 e. The third-order valence-electron chi connectivity index (χ3n) is 2.77. The van der Waals surface area contributed by atoms with Crippen LogP contribution in [0.2, 0.25) is 0 Å². The first-order chi connectivity index (χ1) is 6.09. The Morgan fingerprint density at radius 3 is 2.23 bits per heavy atom. The van der Waals surface area contributed by atoms with Gasteiger partial charge in [-0.25, -0.2) is 4.79 Å². The summed E-state index contributed by atoms with van der Waals surface area (Å²) in [4.78, 5) is 12.8. The van der Waals surface area contributed by atoms with E-state index in [1.165, 1.54) is 0 Å². The number of hydrogen-bond donors (Lipinski definition) is 2. The standard InChI is InChI=1S/C9H19N3O/c1-12(2)8-5-3-7(4-6-8)11-9(10)13/h7-8H,3-6H2,1-2H3,(H3,10,11,13). The summed E-state index contributed by atoms with van der Waals surface area (Å²) < 4.78 is 0. The van der Waals surface area contributed by atoms with Gasteiger partial charge in [0.2, 0.25) is 0 Å². The lowest BCUT2D eigenvalue weighted by molar-refractivity contribution is 0.201. The topological polar surface area (TPSA) is 58.4 Å². The monoisotopic (exact) mass is 185 g/mol. The Balaban J connectivity index is 2.26. The molecule has 1 fully saturated rings. The predicted molar refractivity (Wildman–Crippen MR) is 52.5 cm³/mol. The molecular formula is C9H19N3O. The van der Waals surface area contributed by atoms with E-state index in [0.29, 0.717) is 12.1 Å². The van der Waals surface area contributed by atoms with Gasteiger partial charge >= 0.3 is 6.03 Å².